The second-order valence-electron chi connectivity index (χ2n) is 5.44. The summed E-state index contributed by atoms with van der Waals surface area (Å²) in [6, 6.07) is 16.6. The molecule has 0 heterocycles. The van der Waals surface area contributed by atoms with Gasteiger partial charge < -0.3 is 16.4 Å². The van der Waals surface area contributed by atoms with Crippen LogP contribution in [0.5, 0.6) is 0 Å². The van der Waals surface area contributed by atoms with Crippen molar-refractivity contribution < 1.29 is 9.59 Å². The lowest BCUT2D eigenvalue weighted by atomic mass is 10.1. The molecule has 2 aromatic rings. The van der Waals surface area contributed by atoms with Crippen LogP contribution in [0.15, 0.2) is 54.6 Å². The molecule has 0 spiro atoms. The summed E-state index contributed by atoms with van der Waals surface area (Å²) in [5, 5.41) is 5.49. The molecule has 0 aliphatic carbocycles. The number of urea groups is 1. The van der Waals surface area contributed by atoms with Gasteiger partial charge in [-0.2, -0.15) is 0 Å². The number of rotatable bonds is 6. The van der Waals surface area contributed by atoms with E-state index < -0.39 is 5.91 Å². The maximum atomic E-state index is 11.6. The Kier molecular flexibility index (Phi) is 7.08. The van der Waals surface area contributed by atoms with Crippen molar-refractivity contribution in [3.05, 3.63) is 71.3 Å². The molecule has 0 saturated heterocycles. The smallest absolute Gasteiger partial charge is 0.315 e. The van der Waals surface area contributed by atoms with Crippen molar-refractivity contribution in [1.29, 1.82) is 0 Å². The number of hydrogen-bond acceptors (Lipinski definition) is 2. The van der Waals surface area contributed by atoms with E-state index in [9.17, 15) is 9.59 Å². The van der Waals surface area contributed by atoms with Crippen LogP contribution in [0.25, 0.3) is 0 Å². The number of benzene rings is 2. The van der Waals surface area contributed by atoms with Gasteiger partial charge in [0.2, 0.25) is 5.91 Å². The minimum absolute atomic E-state index is 0.230. The number of primary amides is 1. The predicted molar refractivity (Wildman–Crippen MR) is 98.0 cm³/mol. The summed E-state index contributed by atoms with van der Waals surface area (Å²) in [7, 11) is 0. The minimum Gasteiger partial charge on any atom is -0.366 e. The molecule has 0 bridgehead atoms. The summed E-state index contributed by atoms with van der Waals surface area (Å²) < 4.78 is 0. The van der Waals surface area contributed by atoms with Gasteiger partial charge in [0, 0.05) is 17.7 Å². The molecule has 2 aromatic carbocycles. The van der Waals surface area contributed by atoms with E-state index in [1.54, 1.807) is 24.3 Å². The van der Waals surface area contributed by atoms with Gasteiger partial charge in [-0.25, -0.2) is 4.79 Å². The molecule has 0 aromatic heterocycles. The van der Waals surface area contributed by atoms with Crippen molar-refractivity contribution in [2.75, 3.05) is 13.1 Å². The molecule has 128 valence electrons. The number of nitrogens with two attached hydrogens (primary N) is 1. The summed E-state index contributed by atoms with van der Waals surface area (Å²) in [5.74, 6) is 5.30. The standard InChI is InChI=1S/C20H21N3O2/c21-19(24)18-12-10-17(11-13-18)9-5-15-23-20(25)22-14-4-8-16-6-2-1-3-7-16/h1-3,6-7,10-13H,4,8,14-15H2,(H2,21,24)(H2,22,23,25). The third-order valence-electron chi connectivity index (χ3n) is 3.51. The van der Waals surface area contributed by atoms with Gasteiger partial charge in [-0.15, -0.1) is 0 Å². The first kappa shape index (κ1) is 18.1. The highest BCUT2D eigenvalue weighted by molar-refractivity contribution is 5.92. The Morgan fingerprint density at radius 3 is 2.36 bits per heavy atom. The summed E-state index contributed by atoms with van der Waals surface area (Å²) >= 11 is 0. The summed E-state index contributed by atoms with van der Waals surface area (Å²) in [6.45, 7) is 0.866. The quantitative estimate of drug-likeness (QED) is 0.558. The molecular formula is C20H21N3O2. The van der Waals surface area contributed by atoms with Crippen molar-refractivity contribution >= 4 is 11.9 Å². The average Bonchev–Trinajstić information content (AvgIpc) is 2.63. The number of aryl methyl sites for hydroxylation is 1. The molecule has 0 fully saturated rings. The Morgan fingerprint density at radius 1 is 0.960 bits per heavy atom. The Bertz CT molecular complexity index is 759. The Hall–Kier alpha value is -3.26. The third kappa shape index (κ3) is 6.80. The van der Waals surface area contributed by atoms with Crippen LogP contribution in [0.1, 0.15) is 27.9 Å². The monoisotopic (exact) mass is 335 g/mol. The van der Waals surface area contributed by atoms with E-state index in [2.05, 4.69) is 34.6 Å². The molecule has 0 aliphatic rings. The molecule has 0 aliphatic heterocycles. The SMILES string of the molecule is NC(=O)c1ccc(C#CCNC(=O)NCCCc2ccccc2)cc1. The highest BCUT2D eigenvalue weighted by Gasteiger charge is 1.99. The molecule has 0 atom stereocenters. The number of nitrogens with one attached hydrogen (secondary N) is 2. The van der Waals surface area contributed by atoms with Gasteiger partial charge in [-0.1, -0.05) is 42.2 Å². The molecule has 25 heavy (non-hydrogen) atoms. The number of amides is 3. The van der Waals surface area contributed by atoms with Gasteiger partial charge >= 0.3 is 6.03 Å². The van der Waals surface area contributed by atoms with Gasteiger partial charge in [0.15, 0.2) is 0 Å². The van der Waals surface area contributed by atoms with Crippen molar-refractivity contribution in [1.82, 2.24) is 10.6 Å². The second-order valence-corrected chi connectivity index (χ2v) is 5.44. The second kappa shape index (κ2) is 9.78. The predicted octanol–water partition coefficient (Wildman–Crippen LogP) is 2.07. The fourth-order valence-electron chi connectivity index (χ4n) is 2.19. The van der Waals surface area contributed by atoms with Gasteiger partial charge in [0.05, 0.1) is 6.54 Å². The number of carbonyl (C=O) groups excluding carboxylic acids is 2. The van der Waals surface area contributed by atoms with Gasteiger partial charge in [-0.3, -0.25) is 4.79 Å². The van der Waals surface area contributed by atoms with Crippen LogP contribution < -0.4 is 16.4 Å². The van der Waals surface area contributed by atoms with Gasteiger partial charge in [0.25, 0.3) is 0 Å². The lowest BCUT2D eigenvalue weighted by Crippen LogP contribution is -2.36. The molecule has 5 heteroatoms. The maximum absolute atomic E-state index is 11.6. The number of hydrogen-bond donors (Lipinski definition) is 3. The van der Waals surface area contributed by atoms with E-state index in [0.29, 0.717) is 12.1 Å². The van der Waals surface area contributed by atoms with E-state index in [0.717, 1.165) is 18.4 Å². The Balaban J connectivity index is 1.63. The van der Waals surface area contributed by atoms with Crippen molar-refractivity contribution in [2.24, 2.45) is 5.73 Å². The Morgan fingerprint density at radius 2 is 1.68 bits per heavy atom. The average molecular weight is 335 g/mol. The zero-order valence-electron chi connectivity index (χ0n) is 13.9. The minimum atomic E-state index is -0.467. The first-order valence-electron chi connectivity index (χ1n) is 8.09. The third-order valence-corrected chi connectivity index (χ3v) is 3.51. The van der Waals surface area contributed by atoms with Crippen LogP contribution in [0, 0.1) is 11.8 Å². The Labute approximate surface area is 147 Å². The van der Waals surface area contributed by atoms with Crippen LogP contribution in [-0.4, -0.2) is 25.0 Å². The van der Waals surface area contributed by atoms with Crippen LogP contribution in [0.3, 0.4) is 0 Å². The van der Waals surface area contributed by atoms with Crippen LogP contribution >= 0.6 is 0 Å². The normalized spacial score (nSPS) is 9.60. The van der Waals surface area contributed by atoms with Gasteiger partial charge in [0.1, 0.15) is 0 Å². The van der Waals surface area contributed by atoms with Crippen LogP contribution in [0.4, 0.5) is 4.79 Å². The molecule has 0 unspecified atom stereocenters. The van der Waals surface area contributed by atoms with E-state index in [1.807, 2.05) is 18.2 Å². The van der Waals surface area contributed by atoms with E-state index in [-0.39, 0.29) is 12.6 Å². The molecular weight excluding hydrogens is 314 g/mol. The molecule has 3 amide bonds. The summed E-state index contributed by atoms with van der Waals surface area (Å²) in [4.78, 5) is 22.6. The highest BCUT2D eigenvalue weighted by Crippen LogP contribution is 2.02. The topological polar surface area (TPSA) is 84.2 Å². The summed E-state index contributed by atoms with van der Waals surface area (Å²) in [6.07, 6.45) is 1.82. The molecule has 0 saturated carbocycles. The highest BCUT2D eigenvalue weighted by atomic mass is 16.2. The van der Waals surface area contributed by atoms with Gasteiger partial charge in [-0.05, 0) is 42.7 Å². The zero-order valence-corrected chi connectivity index (χ0v) is 13.9. The fourth-order valence-corrected chi connectivity index (χ4v) is 2.19. The lowest BCUT2D eigenvalue weighted by Gasteiger charge is -2.05. The number of carbonyl (C=O) groups is 2. The van der Waals surface area contributed by atoms with Crippen LogP contribution in [0.2, 0.25) is 0 Å². The first-order chi connectivity index (χ1) is 12.1. The molecule has 4 N–H and O–H groups in total. The zero-order chi connectivity index (χ0) is 17.9. The largest absolute Gasteiger partial charge is 0.366 e. The molecule has 2 rings (SSSR count). The van der Waals surface area contributed by atoms with Crippen LogP contribution in [-0.2, 0) is 6.42 Å². The van der Waals surface area contributed by atoms with E-state index >= 15 is 0 Å². The molecule has 0 radical (unpaired) electrons. The van der Waals surface area contributed by atoms with Crippen molar-refractivity contribution in [2.45, 2.75) is 12.8 Å². The van der Waals surface area contributed by atoms with Crippen molar-refractivity contribution in [3.63, 3.8) is 0 Å². The fraction of sp³-hybridized carbons (Fsp3) is 0.200. The summed E-state index contributed by atoms with van der Waals surface area (Å²) in [5.41, 5.74) is 7.64. The molecule has 5 nitrogen and oxygen atoms in total. The maximum Gasteiger partial charge on any atom is 0.315 e. The van der Waals surface area contributed by atoms with E-state index in [1.165, 1.54) is 5.56 Å². The first-order valence-corrected chi connectivity index (χ1v) is 8.09. The lowest BCUT2D eigenvalue weighted by molar-refractivity contribution is 0.1000. The van der Waals surface area contributed by atoms with Crippen molar-refractivity contribution in [3.8, 4) is 11.8 Å². The van der Waals surface area contributed by atoms with E-state index in [4.69, 9.17) is 5.73 Å².